The van der Waals surface area contributed by atoms with Gasteiger partial charge in [-0.25, -0.2) is 14.0 Å². The largest absolute Gasteiger partial charge is 0.480 e. The summed E-state index contributed by atoms with van der Waals surface area (Å²) < 4.78 is 13.1. The molecule has 6 heteroatoms. The normalized spacial score (nSPS) is 18.4. The number of aliphatic carboxylic acids is 1. The van der Waals surface area contributed by atoms with Crippen LogP contribution in [0.5, 0.6) is 0 Å². The Morgan fingerprint density at radius 3 is 2.84 bits per heavy atom. The molecule has 1 aliphatic rings. The molecule has 1 aromatic carbocycles. The molecule has 0 bridgehead atoms. The first-order valence-electron chi connectivity index (χ1n) is 6.03. The summed E-state index contributed by atoms with van der Waals surface area (Å²) in [4.78, 5) is 25.9. The SMILES string of the molecule is CN(C(=O)N1CCC[C@@H]1C(=O)O)c1cccc(F)c1. The summed E-state index contributed by atoms with van der Waals surface area (Å²) in [6.45, 7) is 0.412. The molecule has 2 rings (SSSR count). The van der Waals surface area contributed by atoms with Gasteiger partial charge < -0.3 is 10.0 Å². The summed E-state index contributed by atoms with van der Waals surface area (Å²) in [6.07, 6.45) is 1.12. The van der Waals surface area contributed by atoms with Gasteiger partial charge in [0, 0.05) is 19.3 Å². The third-order valence-electron chi connectivity index (χ3n) is 3.27. The van der Waals surface area contributed by atoms with Crippen molar-refractivity contribution in [1.29, 1.82) is 0 Å². The molecule has 2 amide bonds. The number of hydrogen-bond donors (Lipinski definition) is 1. The average molecular weight is 266 g/mol. The van der Waals surface area contributed by atoms with Gasteiger partial charge in [0.05, 0.1) is 0 Å². The molecular formula is C13H15FN2O3. The van der Waals surface area contributed by atoms with Gasteiger partial charge >= 0.3 is 12.0 Å². The zero-order valence-corrected chi connectivity index (χ0v) is 10.5. The lowest BCUT2D eigenvalue weighted by atomic mass is 10.2. The first-order chi connectivity index (χ1) is 9.00. The van der Waals surface area contributed by atoms with Crippen molar-refractivity contribution in [1.82, 2.24) is 4.90 Å². The second-order valence-corrected chi connectivity index (χ2v) is 4.51. The molecule has 0 spiro atoms. The number of halogens is 1. The number of carboxylic acid groups (broad SMARTS) is 1. The van der Waals surface area contributed by atoms with E-state index in [-0.39, 0.29) is 0 Å². The van der Waals surface area contributed by atoms with E-state index < -0.39 is 23.9 Å². The minimum Gasteiger partial charge on any atom is -0.480 e. The molecule has 0 radical (unpaired) electrons. The quantitative estimate of drug-likeness (QED) is 0.889. The number of hydrogen-bond acceptors (Lipinski definition) is 2. The zero-order chi connectivity index (χ0) is 14.0. The van der Waals surface area contributed by atoms with Crippen LogP contribution in [0.15, 0.2) is 24.3 Å². The van der Waals surface area contributed by atoms with Crippen molar-refractivity contribution in [2.75, 3.05) is 18.5 Å². The van der Waals surface area contributed by atoms with E-state index in [1.807, 2.05) is 0 Å². The zero-order valence-electron chi connectivity index (χ0n) is 10.5. The second-order valence-electron chi connectivity index (χ2n) is 4.51. The highest BCUT2D eigenvalue weighted by Crippen LogP contribution is 2.22. The number of carbonyl (C=O) groups excluding carboxylic acids is 1. The Kier molecular flexibility index (Phi) is 3.69. The van der Waals surface area contributed by atoms with Crippen LogP contribution >= 0.6 is 0 Å². The molecular weight excluding hydrogens is 251 g/mol. The summed E-state index contributed by atoms with van der Waals surface area (Å²) in [5, 5.41) is 9.06. The van der Waals surface area contributed by atoms with Crippen LogP contribution in [0.3, 0.4) is 0 Å². The standard InChI is InChI=1S/C13H15FN2O3/c1-15(10-5-2-4-9(14)8-10)13(19)16-7-3-6-11(16)12(17)18/h2,4-5,8,11H,3,6-7H2,1H3,(H,17,18)/t11-/m1/s1. The van der Waals surface area contributed by atoms with Gasteiger partial charge in [0.15, 0.2) is 0 Å². The molecule has 102 valence electrons. The Balaban J connectivity index is 2.17. The topological polar surface area (TPSA) is 60.9 Å². The van der Waals surface area contributed by atoms with Gasteiger partial charge in [0.2, 0.25) is 0 Å². The highest BCUT2D eigenvalue weighted by Gasteiger charge is 2.35. The number of amides is 2. The van der Waals surface area contributed by atoms with Crippen molar-refractivity contribution in [2.24, 2.45) is 0 Å². The van der Waals surface area contributed by atoms with Crippen molar-refractivity contribution < 1.29 is 19.1 Å². The van der Waals surface area contributed by atoms with Gasteiger partial charge in [-0.2, -0.15) is 0 Å². The Labute approximate surface area is 110 Å². The molecule has 1 saturated heterocycles. The molecule has 5 nitrogen and oxygen atoms in total. The Hall–Kier alpha value is -2.11. The van der Waals surface area contributed by atoms with Crippen LogP contribution < -0.4 is 4.90 Å². The van der Waals surface area contributed by atoms with E-state index in [1.54, 1.807) is 6.07 Å². The number of urea groups is 1. The van der Waals surface area contributed by atoms with Crippen molar-refractivity contribution in [3.05, 3.63) is 30.1 Å². The minimum absolute atomic E-state index is 0.404. The van der Waals surface area contributed by atoms with Crippen LogP contribution in [0, 0.1) is 5.82 Å². The lowest BCUT2D eigenvalue weighted by Gasteiger charge is -2.27. The maximum Gasteiger partial charge on any atom is 0.326 e. The first-order valence-corrected chi connectivity index (χ1v) is 6.03. The fourth-order valence-corrected chi connectivity index (χ4v) is 2.24. The lowest BCUT2D eigenvalue weighted by Crippen LogP contribution is -2.46. The number of anilines is 1. The molecule has 19 heavy (non-hydrogen) atoms. The maximum absolute atomic E-state index is 13.1. The van der Waals surface area contributed by atoms with E-state index in [9.17, 15) is 14.0 Å². The van der Waals surface area contributed by atoms with Gasteiger partial charge in [-0.3, -0.25) is 4.90 Å². The van der Waals surface area contributed by atoms with E-state index >= 15 is 0 Å². The van der Waals surface area contributed by atoms with Crippen LogP contribution in [0.2, 0.25) is 0 Å². The fourth-order valence-electron chi connectivity index (χ4n) is 2.24. The minimum atomic E-state index is -1.00. The van der Waals surface area contributed by atoms with Gasteiger partial charge in [-0.15, -0.1) is 0 Å². The van der Waals surface area contributed by atoms with Crippen molar-refractivity contribution in [2.45, 2.75) is 18.9 Å². The Morgan fingerprint density at radius 2 is 2.21 bits per heavy atom. The van der Waals surface area contributed by atoms with Crippen molar-refractivity contribution in [3.8, 4) is 0 Å². The number of benzene rings is 1. The Morgan fingerprint density at radius 1 is 1.47 bits per heavy atom. The third-order valence-corrected chi connectivity index (χ3v) is 3.27. The molecule has 1 atom stereocenters. The van der Waals surface area contributed by atoms with Crippen LogP contribution in [-0.2, 0) is 4.79 Å². The van der Waals surface area contributed by atoms with Gasteiger partial charge in [-0.1, -0.05) is 6.07 Å². The van der Waals surface area contributed by atoms with Crippen LogP contribution in [-0.4, -0.2) is 41.6 Å². The highest BCUT2D eigenvalue weighted by molar-refractivity contribution is 5.94. The predicted molar refractivity (Wildman–Crippen MR) is 67.6 cm³/mol. The Bertz CT molecular complexity index is 506. The van der Waals surface area contributed by atoms with Crippen LogP contribution in [0.4, 0.5) is 14.9 Å². The number of carboxylic acids is 1. The van der Waals surface area contributed by atoms with E-state index in [0.717, 1.165) is 0 Å². The van der Waals surface area contributed by atoms with Crippen molar-refractivity contribution >= 4 is 17.7 Å². The smallest absolute Gasteiger partial charge is 0.326 e. The predicted octanol–water partition coefficient (Wildman–Crippen LogP) is 1.93. The van der Waals surface area contributed by atoms with Gasteiger partial charge in [-0.05, 0) is 31.0 Å². The maximum atomic E-state index is 13.1. The summed E-state index contributed by atoms with van der Waals surface area (Å²) in [7, 11) is 1.51. The van der Waals surface area contributed by atoms with E-state index in [0.29, 0.717) is 25.1 Å². The molecule has 0 aromatic heterocycles. The number of rotatable bonds is 2. The molecule has 1 aliphatic heterocycles. The number of likely N-dealkylation sites (tertiary alicyclic amines) is 1. The molecule has 0 saturated carbocycles. The monoisotopic (exact) mass is 266 g/mol. The average Bonchev–Trinajstić information content (AvgIpc) is 2.86. The van der Waals surface area contributed by atoms with Crippen LogP contribution in [0.1, 0.15) is 12.8 Å². The molecule has 1 heterocycles. The molecule has 1 fully saturated rings. The molecule has 0 aliphatic carbocycles. The summed E-state index contributed by atoms with van der Waals surface area (Å²) >= 11 is 0. The third kappa shape index (κ3) is 2.67. The molecule has 1 aromatic rings. The molecule has 1 N–H and O–H groups in total. The molecule has 0 unspecified atom stereocenters. The highest BCUT2D eigenvalue weighted by atomic mass is 19.1. The summed E-state index contributed by atoms with van der Waals surface area (Å²) in [6, 6.07) is 4.43. The lowest BCUT2D eigenvalue weighted by molar-refractivity contribution is -0.141. The number of carbonyl (C=O) groups is 2. The first kappa shape index (κ1) is 13.3. The van der Waals surface area contributed by atoms with E-state index in [4.69, 9.17) is 5.11 Å². The van der Waals surface area contributed by atoms with Crippen LogP contribution in [0.25, 0.3) is 0 Å². The second kappa shape index (κ2) is 5.26. The fraction of sp³-hybridized carbons (Fsp3) is 0.385. The van der Waals surface area contributed by atoms with E-state index in [1.165, 1.54) is 35.0 Å². The van der Waals surface area contributed by atoms with Gasteiger partial charge in [0.25, 0.3) is 0 Å². The van der Waals surface area contributed by atoms with E-state index in [2.05, 4.69) is 0 Å². The van der Waals surface area contributed by atoms with Crippen molar-refractivity contribution in [3.63, 3.8) is 0 Å². The van der Waals surface area contributed by atoms with Gasteiger partial charge in [0.1, 0.15) is 11.9 Å². The summed E-state index contributed by atoms with van der Waals surface area (Å²) in [5.41, 5.74) is 0.404. The number of nitrogens with zero attached hydrogens (tertiary/aromatic N) is 2. The summed E-state index contributed by atoms with van der Waals surface area (Å²) in [5.74, 6) is -1.44.